The van der Waals surface area contributed by atoms with Crippen LogP contribution in [-0.4, -0.2) is 15.8 Å². The van der Waals surface area contributed by atoms with Crippen LogP contribution in [0.1, 0.15) is 20.8 Å². The van der Waals surface area contributed by atoms with E-state index in [0.29, 0.717) is 0 Å². The highest BCUT2D eigenvalue weighted by atomic mass is 127. The second-order valence-electron chi connectivity index (χ2n) is 4.08. The quantitative estimate of drug-likeness (QED) is 0.564. The Morgan fingerprint density at radius 2 is 1.92 bits per heavy atom. The number of rotatable bonds is 1. The van der Waals surface area contributed by atoms with Gasteiger partial charge in [-0.1, -0.05) is 6.07 Å². The van der Waals surface area contributed by atoms with Gasteiger partial charge in [0.15, 0.2) is 0 Å². The first-order chi connectivity index (χ1) is 5.90. The Bertz CT molecular complexity index is 304. The Morgan fingerprint density at radius 1 is 1.31 bits per heavy atom. The zero-order valence-electron chi connectivity index (χ0n) is 8.52. The van der Waals surface area contributed by atoms with E-state index in [-0.39, 0.29) is 5.60 Å². The average Bonchev–Trinajstić information content (AvgIpc) is 1.96. The molecule has 0 fully saturated rings. The lowest BCUT2D eigenvalue weighted by Gasteiger charge is -2.23. The van der Waals surface area contributed by atoms with Gasteiger partial charge >= 0.3 is 0 Å². The zero-order chi connectivity index (χ0) is 10.1. The molecule has 0 aliphatic carbocycles. The molecule has 0 bridgehead atoms. The largest absolute Gasteiger partial charge is 0.488 e. The second kappa shape index (κ2) is 4.00. The van der Waals surface area contributed by atoms with Crippen molar-refractivity contribution in [3.63, 3.8) is 0 Å². The van der Waals surface area contributed by atoms with E-state index in [1.165, 1.54) is 8.76 Å². The molecule has 13 heavy (non-hydrogen) atoms. The van der Waals surface area contributed by atoms with E-state index in [9.17, 15) is 0 Å². The third kappa shape index (κ3) is 3.30. The smallest absolute Gasteiger partial charge is 0.119 e. The molecule has 0 N–H and O–H groups in total. The van der Waals surface area contributed by atoms with Crippen LogP contribution in [0.4, 0.5) is 0 Å². The number of hydrogen-bond acceptors (Lipinski definition) is 1. The Hall–Kier alpha value is -0.0331. The molecule has 0 atom stereocenters. The summed E-state index contributed by atoms with van der Waals surface area (Å²) in [6.45, 7) is 6.23. The SMILES string of the molecule is CC(C)(C)Oc1cccc(I)c1[SiH3]. The van der Waals surface area contributed by atoms with Crippen molar-refractivity contribution in [3.8, 4) is 5.75 Å². The van der Waals surface area contributed by atoms with E-state index in [2.05, 4.69) is 55.5 Å². The molecule has 1 rings (SSSR count). The Morgan fingerprint density at radius 3 is 2.46 bits per heavy atom. The highest BCUT2D eigenvalue weighted by molar-refractivity contribution is 14.1. The van der Waals surface area contributed by atoms with Crippen LogP contribution in [0.15, 0.2) is 18.2 Å². The van der Waals surface area contributed by atoms with Crippen molar-refractivity contribution >= 4 is 38.0 Å². The Labute approximate surface area is 96.4 Å². The van der Waals surface area contributed by atoms with Gasteiger partial charge in [0.2, 0.25) is 0 Å². The van der Waals surface area contributed by atoms with E-state index in [4.69, 9.17) is 4.74 Å². The molecule has 0 aliphatic rings. The lowest BCUT2D eigenvalue weighted by atomic mass is 10.2. The van der Waals surface area contributed by atoms with Gasteiger partial charge in [-0.25, -0.2) is 0 Å². The number of hydrogen-bond donors (Lipinski definition) is 0. The van der Waals surface area contributed by atoms with Crippen molar-refractivity contribution in [2.75, 3.05) is 0 Å². The standard InChI is InChI=1S/C10H15IOSi/c1-10(2,3)12-8-6-4-5-7(11)9(8)13/h4-6H,1-3,13H3. The maximum Gasteiger partial charge on any atom is 0.119 e. The fourth-order valence-corrected chi connectivity index (χ4v) is 1.94. The topological polar surface area (TPSA) is 9.23 Å². The average molecular weight is 306 g/mol. The fourth-order valence-electron chi connectivity index (χ4n) is 1.03. The summed E-state index contributed by atoms with van der Waals surface area (Å²) in [4.78, 5) is 0. The Balaban J connectivity index is 2.96. The number of benzene rings is 1. The summed E-state index contributed by atoms with van der Waals surface area (Å²) in [5.41, 5.74) is -0.0937. The summed E-state index contributed by atoms with van der Waals surface area (Å²) >= 11 is 2.36. The minimum Gasteiger partial charge on any atom is -0.488 e. The van der Waals surface area contributed by atoms with Crippen molar-refractivity contribution in [2.24, 2.45) is 0 Å². The van der Waals surface area contributed by atoms with Crippen LogP contribution in [0, 0.1) is 3.57 Å². The molecule has 1 aromatic rings. The third-order valence-electron chi connectivity index (χ3n) is 1.63. The molecule has 0 aromatic heterocycles. The van der Waals surface area contributed by atoms with Gasteiger partial charge in [-0.15, -0.1) is 0 Å². The van der Waals surface area contributed by atoms with Crippen LogP contribution in [0.3, 0.4) is 0 Å². The molecular formula is C10H15IOSi. The molecule has 1 aromatic carbocycles. The normalized spacial score (nSPS) is 11.7. The van der Waals surface area contributed by atoms with Crippen LogP contribution in [0.25, 0.3) is 0 Å². The van der Waals surface area contributed by atoms with Crippen LogP contribution >= 0.6 is 22.6 Å². The van der Waals surface area contributed by atoms with Crippen molar-refractivity contribution < 1.29 is 4.74 Å². The summed E-state index contributed by atoms with van der Waals surface area (Å²) in [6, 6.07) is 6.22. The molecule has 0 heterocycles. The maximum absolute atomic E-state index is 5.84. The second-order valence-corrected chi connectivity index (χ2v) is 6.24. The van der Waals surface area contributed by atoms with E-state index in [0.717, 1.165) is 16.0 Å². The molecule has 1 nitrogen and oxygen atoms in total. The Kier molecular flexibility index (Phi) is 3.40. The monoisotopic (exact) mass is 306 g/mol. The molecule has 0 aliphatic heterocycles. The van der Waals surface area contributed by atoms with Crippen molar-refractivity contribution in [1.82, 2.24) is 0 Å². The predicted octanol–water partition coefficient (Wildman–Crippen LogP) is 1.46. The van der Waals surface area contributed by atoms with Gasteiger partial charge in [-0.2, -0.15) is 0 Å². The van der Waals surface area contributed by atoms with Gasteiger partial charge in [-0.05, 0) is 60.7 Å². The molecule has 3 heteroatoms. The lowest BCUT2D eigenvalue weighted by Crippen LogP contribution is -2.27. The minimum absolute atomic E-state index is 0.0937. The predicted molar refractivity (Wildman–Crippen MR) is 69.1 cm³/mol. The zero-order valence-corrected chi connectivity index (χ0v) is 12.7. The third-order valence-corrected chi connectivity index (χ3v) is 4.85. The molecule has 72 valence electrons. The molecular weight excluding hydrogens is 291 g/mol. The fraction of sp³-hybridized carbons (Fsp3) is 0.400. The van der Waals surface area contributed by atoms with Crippen LogP contribution in [0.5, 0.6) is 5.75 Å². The van der Waals surface area contributed by atoms with Crippen molar-refractivity contribution in [3.05, 3.63) is 21.8 Å². The summed E-state index contributed by atoms with van der Waals surface area (Å²) < 4.78 is 7.15. The van der Waals surface area contributed by atoms with Crippen LogP contribution in [-0.2, 0) is 0 Å². The van der Waals surface area contributed by atoms with Crippen LogP contribution < -0.4 is 9.92 Å². The molecule has 0 saturated carbocycles. The first-order valence-electron chi connectivity index (χ1n) is 4.34. The molecule has 0 radical (unpaired) electrons. The molecule has 0 saturated heterocycles. The van der Waals surface area contributed by atoms with Gasteiger partial charge in [0.1, 0.15) is 11.4 Å². The summed E-state index contributed by atoms with van der Waals surface area (Å²) in [5.74, 6) is 1.05. The highest BCUT2D eigenvalue weighted by Crippen LogP contribution is 2.17. The summed E-state index contributed by atoms with van der Waals surface area (Å²) in [5, 5.41) is 1.36. The number of halogens is 1. The minimum atomic E-state index is -0.0937. The lowest BCUT2D eigenvalue weighted by molar-refractivity contribution is 0.132. The van der Waals surface area contributed by atoms with E-state index < -0.39 is 0 Å². The van der Waals surface area contributed by atoms with Gasteiger partial charge in [0.05, 0.1) is 0 Å². The first kappa shape index (κ1) is 11.0. The first-order valence-corrected chi connectivity index (χ1v) is 6.42. The van der Waals surface area contributed by atoms with Gasteiger partial charge in [0.25, 0.3) is 0 Å². The molecule has 0 amide bonds. The number of ether oxygens (including phenoxy) is 1. The van der Waals surface area contributed by atoms with E-state index >= 15 is 0 Å². The van der Waals surface area contributed by atoms with E-state index in [1.807, 2.05) is 6.07 Å². The highest BCUT2D eigenvalue weighted by Gasteiger charge is 2.13. The van der Waals surface area contributed by atoms with Crippen molar-refractivity contribution in [2.45, 2.75) is 26.4 Å². The van der Waals surface area contributed by atoms with Gasteiger partial charge in [-0.3, -0.25) is 0 Å². The van der Waals surface area contributed by atoms with E-state index in [1.54, 1.807) is 0 Å². The van der Waals surface area contributed by atoms with Crippen molar-refractivity contribution in [1.29, 1.82) is 0 Å². The summed E-state index contributed by atoms with van der Waals surface area (Å²) in [6.07, 6.45) is 0. The van der Waals surface area contributed by atoms with Gasteiger partial charge in [0, 0.05) is 13.8 Å². The molecule has 0 spiro atoms. The molecule has 0 unspecified atom stereocenters. The van der Waals surface area contributed by atoms with Gasteiger partial charge < -0.3 is 4.74 Å². The maximum atomic E-state index is 5.84. The van der Waals surface area contributed by atoms with Crippen LogP contribution in [0.2, 0.25) is 0 Å². The summed E-state index contributed by atoms with van der Waals surface area (Å²) in [7, 11) is 1.04.